The van der Waals surface area contributed by atoms with Crippen LogP contribution in [0.5, 0.6) is 0 Å². The van der Waals surface area contributed by atoms with Crippen LogP contribution in [0.15, 0.2) is 0 Å². The number of carboxylic acid groups (broad SMARTS) is 1. The van der Waals surface area contributed by atoms with E-state index in [9.17, 15) is 13.2 Å². The Kier molecular flexibility index (Phi) is 6.87. The molecule has 118 valence electrons. The lowest BCUT2D eigenvalue weighted by Crippen LogP contribution is -2.46. The normalized spacial score (nSPS) is 18.6. The molecule has 7 nitrogen and oxygen atoms in total. The topological polar surface area (TPSA) is 90.0 Å². The van der Waals surface area contributed by atoms with Crippen molar-refractivity contribution in [3.05, 3.63) is 0 Å². The highest BCUT2D eigenvalue weighted by molar-refractivity contribution is 7.87. The van der Waals surface area contributed by atoms with Crippen LogP contribution in [0, 0.1) is 5.92 Å². The van der Waals surface area contributed by atoms with Crippen molar-refractivity contribution in [2.45, 2.75) is 25.7 Å². The second-order valence-electron chi connectivity index (χ2n) is 5.42. The van der Waals surface area contributed by atoms with Gasteiger partial charge in [0.2, 0.25) is 0 Å². The molecule has 0 aromatic carbocycles. The van der Waals surface area contributed by atoms with Crippen molar-refractivity contribution in [2.75, 3.05) is 40.3 Å². The molecule has 0 aromatic heterocycles. The Balaban J connectivity index is 2.29. The molecule has 0 aromatic rings. The number of nitrogens with one attached hydrogen (secondary N) is 1. The molecule has 2 N–H and O–H groups in total. The Morgan fingerprint density at radius 2 is 1.90 bits per heavy atom. The third kappa shape index (κ3) is 5.74. The van der Waals surface area contributed by atoms with E-state index in [0.29, 0.717) is 19.4 Å². The minimum Gasteiger partial charge on any atom is -0.481 e. The van der Waals surface area contributed by atoms with Crippen molar-refractivity contribution >= 4 is 16.2 Å². The Morgan fingerprint density at radius 3 is 2.40 bits per heavy atom. The number of hydrogen-bond acceptors (Lipinski definition) is 4. The van der Waals surface area contributed by atoms with Gasteiger partial charge in [-0.3, -0.25) is 4.79 Å². The van der Waals surface area contributed by atoms with Crippen molar-refractivity contribution in [1.29, 1.82) is 0 Å². The number of aliphatic carboxylic acids is 1. The summed E-state index contributed by atoms with van der Waals surface area (Å²) in [7, 11) is 0.509. The number of carboxylic acids is 1. The number of rotatable bonds is 8. The molecule has 0 amide bonds. The zero-order valence-electron chi connectivity index (χ0n) is 12.2. The summed E-state index contributed by atoms with van der Waals surface area (Å²) in [5.41, 5.74) is 0. The maximum absolute atomic E-state index is 12.0. The number of unbranched alkanes of at least 4 members (excludes halogenated alkanes) is 1. The Morgan fingerprint density at radius 1 is 1.30 bits per heavy atom. The van der Waals surface area contributed by atoms with E-state index in [2.05, 4.69) is 9.62 Å². The Bertz CT molecular complexity index is 403. The summed E-state index contributed by atoms with van der Waals surface area (Å²) < 4.78 is 28.0. The summed E-state index contributed by atoms with van der Waals surface area (Å²) >= 11 is 0. The molecule has 8 heteroatoms. The Labute approximate surface area is 121 Å². The summed E-state index contributed by atoms with van der Waals surface area (Å²) in [6.07, 6.45) is 2.51. The fraction of sp³-hybridized carbons (Fsp3) is 0.917. The molecular weight excluding hydrogens is 282 g/mol. The second kappa shape index (κ2) is 7.92. The molecule has 1 rings (SSSR count). The van der Waals surface area contributed by atoms with Crippen molar-refractivity contribution in [3.8, 4) is 0 Å². The van der Waals surface area contributed by atoms with Gasteiger partial charge in [-0.05, 0) is 46.3 Å². The monoisotopic (exact) mass is 307 g/mol. The van der Waals surface area contributed by atoms with Crippen LogP contribution in [-0.2, 0) is 15.0 Å². The maximum atomic E-state index is 12.0. The average molecular weight is 307 g/mol. The van der Waals surface area contributed by atoms with Crippen molar-refractivity contribution in [3.63, 3.8) is 0 Å². The number of hydrogen-bond donors (Lipinski definition) is 2. The van der Waals surface area contributed by atoms with Gasteiger partial charge in [0, 0.05) is 19.6 Å². The quantitative estimate of drug-likeness (QED) is 0.614. The van der Waals surface area contributed by atoms with E-state index in [1.165, 1.54) is 4.31 Å². The van der Waals surface area contributed by atoms with Crippen LogP contribution in [0.25, 0.3) is 0 Å². The standard InChI is InChI=1S/C12H25N3O4S/c1-14(2)8-4-3-7-13-20(18,19)15-9-5-11(6-10-15)12(16)17/h11,13H,3-10H2,1-2H3,(H,16,17). The van der Waals surface area contributed by atoms with Gasteiger partial charge in [0.25, 0.3) is 10.2 Å². The van der Waals surface area contributed by atoms with Gasteiger partial charge < -0.3 is 10.0 Å². The summed E-state index contributed by atoms with van der Waals surface area (Å²) in [5, 5.41) is 8.89. The van der Waals surface area contributed by atoms with Crippen molar-refractivity contribution in [1.82, 2.24) is 13.9 Å². The Hall–Kier alpha value is -0.700. The first kappa shape index (κ1) is 17.4. The van der Waals surface area contributed by atoms with Gasteiger partial charge in [-0.1, -0.05) is 0 Å². The summed E-state index contributed by atoms with van der Waals surface area (Å²) in [5.74, 6) is -1.25. The summed E-state index contributed by atoms with van der Waals surface area (Å²) in [6.45, 7) is 1.93. The lowest BCUT2D eigenvalue weighted by molar-refractivity contribution is -0.142. The van der Waals surface area contributed by atoms with E-state index in [-0.39, 0.29) is 13.1 Å². The van der Waals surface area contributed by atoms with E-state index >= 15 is 0 Å². The predicted molar refractivity (Wildman–Crippen MR) is 76.6 cm³/mol. The SMILES string of the molecule is CN(C)CCCCNS(=O)(=O)N1CCC(C(=O)O)CC1. The minimum atomic E-state index is -3.46. The van der Waals surface area contributed by atoms with Crippen LogP contribution in [0.4, 0.5) is 0 Å². The molecule has 1 aliphatic rings. The van der Waals surface area contributed by atoms with Crippen LogP contribution in [0.2, 0.25) is 0 Å². The van der Waals surface area contributed by atoms with E-state index in [0.717, 1.165) is 19.4 Å². The van der Waals surface area contributed by atoms with E-state index in [1.54, 1.807) is 0 Å². The van der Waals surface area contributed by atoms with Crippen LogP contribution in [0.1, 0.15) is 25.7 Å². The lowest BCUT2D eigenvalue weighted by atomic mass is 9.99. The molecule has 1 aliphatic heterocycles. The molecule has 0 unspecified atom stereocenters. The van der Waals surface area contributed by atoms with Crippen molar-refractivity contribution in [2.24, 2.45) is 5.92 Å². The molecule has 0 bridgehead atoms. The predicted octanol–water partition coefficient (Wildman–Crippen LogP) is -0.0408. The van der Waals surface area contributed by atoms with Gasteiger partial charge in [-0.2, -0.15) is 12.7 Å². The van der Waals surface area contributed by atoms with Gasteiger partial charge in [0.15, 0.2) is 0 Å². The van der Waals surface area contributed by atoms with E-state index in [4.69, 9.17) is 5.11 Å². The zero-order valence-corrected chi connectivity index (χ0v) is 13.0. The molecule has 0 saturated carbocycles. The van der Waals surface area contributed by atoms with Gasteiger partial charge in [0.1, 0.15) is 0 Å². The number of piperidine rings is 1. The number of nitrogens with zero attached hydrogens (tertiary/aromatic N) is 2. The van der Waals surface area contributed by atoms with Gasteiger partial charge in [-0.25, -0.2) is 4.72 Å². The molecule has 20 heavy (non-hydrogen) atoms. The summed E-state index contributed by atoms with van der Waals surface area (Å²) in [4.78, 5) is 12.9. The third-order valence-electron chi connectivity index (χ3n) is 3.46. The molecule has 1 saturated heterocycles. The highest BCUT2D eigenvalue weighted by Crippen LogP contribution is 2.19. The first-order valence-corrected chi connectivity index (χ1v) is 8.39. The third-order valence-corrected chi connectivity index (χ3v) is 5.07. The second-order valence-corrected chi connectivity index (χ2v) is 7.18. The highest BCUT2D eigenvalue weighted by Gasteiger charge is 2.30. The molecule has 1 fully saturated rings. The molecule has 0 aliphatic carbocycles. The first-order chi connectivity index (χ1) is 9.33. The summed E-state index contributed by atoms with van der Waals surface area (Å²) in [6, 6.07) is 0. The van der Waals surface area contributed by atoms with Crippen LogP contribution >= 0.6 is 0 Å². The van der Waals surface area contributed by atoms with Crippen LogP contribution < -0.4 is 4.72 Å². The molecule has 0 radical (unpaired) electrons. The smallest absolute Gasteiger partial charge is 0.306 e. The van der Waals surface area contributed by atoms with Gasteiger partial charge >= 0.3 is 5.97 Å². The fourth-order valence-corrected chi connectivity index (χ4v) is 3.46. The van der Waals surface area contributed by atoms with Crippen LogP contribution in [0.3, 0.4) is 0 Å². The molecule has 1 heterocycles. The van der Waals surface area contributed by atoms with Gasteiger partial charge in [-0.15, -0.1) is 0 Å². The van der Waals surface area contributed by atoms with E-state index in [1.807, 2.05) is 14.1 Å². The first-order valence-electron chi connectivity index (χ1n) is 6.95. The largest absolute Gasteiger partial charge is 0.481 e. The zero-order chi connectivity index (χ0) is 15.2. The molecule has 0 spiro atoms. The maximum Gasteiger partial charge on any atom is 0.306 e. The van der Waals surface area contributed by atoms with Crippen LogP contribution in [-0.4, -0.2) is 69.0 Å². The van der Waals surface area contributed by atoms with Crippen molar-refractivity contribution < 1.29 is 18.3 Å². The molecule has 0 atom stereocenters. The highest BCUT2D eigenvalue weighted by atomic mass is 32.2. The fourth-order valence-electron chi connectivity index (χ4n) is 2.19. The lowest BCUT2D eigenvalue weighted by Gasteiger charge is -2.29. The molecular formula is C12H25N3O4S. The average Bonchev–Trinajstić information content (AvgIpc) is 2.38. The van der Waals surface area contributed by atoms with Gasteiger partial charge in [0.05, 0.1) is 5.92 Å². The van der Waals surface area contributed by atoms with E-state index < -0.39 is 22.1 Å². The number of carbonyl (C=O) groups is 1. The minimum absolute atomic E-state index is 0.282.